The van der Waals surface area contributed by atoms with E-state index in [0.717, 1.165) is 18.4 Å². The van der Waals surface area contributed by atoms with E-state index in [9.17, 15) is 4.79 Å². The van der Waals surface area contributed by atoms with Gasteiger partial charge in [0.2, 0.25) is 0 Å². The molecule has 3 rings (SSSR count). The summed E-state index contributed by atoms with van der Waals surface area (Å²) in [6.45, 7) is 0.679. The molecule has 0 bridgehead atoms. The van der Waals surface area contributed by atoms with Gasteiger partial charge in [-0.25, -0.2) is 0 Å². The average Bonchev–Trinajstić information content (AvgIpc) is 2.55. The lowest BCUT2D eigenvalue weighted by molar-refractivity contribution is 0.0950. The summed E-state index contributed by atoms with van der Waals surface area (Å²) in [4.78, 5) is 14.4. The summed E-state index contributed by atoms with van der Waals surface area (Å²) in [6, 6.07) is 18.2. The first kappa shape index (κ1) is 13.7. The van der Waals surface area contributed by atoms with Crippen LogP contribution >= 0.6 is 0 Å². The van der Waals surface area contributed by atoms with Crippen LogP contribution < -0.4 is 10.2 Å². The molecule has 0 spiro atoms. The first-order chi connectivity index (χ1) is 10.3. The van der Waals surface area contributed by atoms with Crippen molar-refractivity contribution >= 4 is 11.6 Å². The third kappa shape index (κ3) is 2.92. The zero-order valence-corrected chi connectivity index (χ0v) is 12.3. The van der Waals surface area contributed by atoms with E-state index >= 15 is 0 Å². The molecule has 1 amide bonds. The van der Waals surface area contributed by atoms with E-state index in [4.69, 9.17) is 0 Å². The highest BCUT2D eigenvalue weighted by atomic mass is 16.1. The minimum Gasteiger partial charge on any atom is -0.370 e. The minimum atomic E-state index is 0.00265. The second-order valence-corrected chi connectivity index (χ2v) is 5.51. The molecule has 1 atom stereocenters. The summed E-state index contributed by atoms with van der Waals surface area (Å²) in [7, 11) is 2.11. The molecule has 0 aliphatic carbocycles. The standard InChI is InChI=1S/C18H20N2O/c1-20-16(12-11-14-7-5-6-10-17(14)20)13-19-18(21)15-8-3-2-4-9-15/h2-10,16H,11-13H2,1H3,(H,19,21). The van der Waals surface area contributed by atoms with Crippen molar-refractivity contribution in [1.82, 2.24) is 5.32 Å². The highest BCUT2D eigenvalue weighted by Crippen LogP contribution is 2.28. The molecule has 0 saturated heterocycles. The Morgan fingerprint density at radius 1 is 1.14 bits per heavy atom. The molecule has 3 heteroatoms. The van der Waals surface area contributed by atoms with E-state index in [1.54, 1.807) is 0 Å². The predicted octanol–water partition coefficient (Wildman–Crippen LogP) is 2.87. The quantitative estimate of drug-likeness (QED) is 0.937. The molecule has 0 saturated carbocycles. The maximum Gasteiger partial charge on any atom is 0.251 e. The molecule has 2 aromatic rings. The Kier molecular flexibility index (Phi) is 3.91. The van der Waals surface area contributed by atoms with Crippen LogP contribution in [0.1, 0.15) is 22.3 Å². The molecule has 0 radical (unpaired) electrons. The smallest absolute Gasteiger partial charge is 0.251 e. The Balaban J connectivity index is 1.63. The highest BCUT2D eigenvalue weighted by molar-refractivity contribution is 5.94. The first-order valence-corrected chi connectivity index (χ1v) is 7.39. The zero-order valence-electron chi connectivity index (χ0n) is 12.3. The predicted molar refractivity (Wildman–Crippen MR) is 85.7 cm³/mol. The monoisotopic (exact) mass is 280 g/mol. The van der Waals surface area contributed by atoms with Crippen LogP contribution in [0.3, 0.4) is 0 Å². The van der Waals surface area contributed by atoms with Gasteiger partial charge in [0.15, 0.2) is 0 Å². The SMILES string of the molecule is CN1c2ccccc2CCC1CNC(=O)c1ccccc1. The number of rotatable bonds is 3. The van der Waals surface area contributed by atoms with Crippen molar-refractivity contribution in [1.29, 1.82) is 0 Å². The van der Waals surface area contributed by atoms with Crippen molar-refractivity contribution < 1.29 is 4.79 Å². The second-order valence-electron chi connectivity index (χ2n) is 5.51. The third-order valence-electron chi connectivity index (χ3n) is 4.20. The highest BCUT2D eigenvalue weighted by Gasteiger charge is 2.23. The Hall–Kier alpha value is -2.29. The third-order valence-corrected chi connectivity index (χ3v) is 4.20. The van der Waals surface area contributed by atoms with E-state index in [-0.39, 0.29) is 5.91 Å². The summed E-state index contributed by atoms with van der Waals surface area (Å²) in [5.41, 5.74) is 3.39. The molecule has 2 aromatic carbocycles. The number of amides is 1. The summed E-state index contributed by atoms with van der Waals surface area (Å²) in [5.74, 6) is 0.00265. The molecule has 1 unspecified atom stereocenters. The van der Waals surface area contributed by atoms with E-state index in [0.29, 0.717) is 12.6 Å². The van der Waals surface area contributed by atoms with Crippen LogP contribution in [0.2, 0.25) is 0 Å². The fourth-order valence-electron chi connectivity index (χ4n) is 2.92. The Morgan fingerprint density at radius 3 is 2.67 bits per heavy atom. The van der Waals surface area contributed by atoms with Gasteiger partial charge >= 0.3 is 0 Å². The largest absolute Gasteiger partial charge is 0.370 e. The van der Waals surface area contributed by atoms with Gasteiger partial charge in [-0.3, -0.25) is 4.79 Å². The summed E-state index contributed by atoms with van der Waals surface area (Å²) >= 11 is 0. The average molecular weight is 280 g/mol. The van der Waals surface area contributed by atoms with Crippen molar-refractivity contribution in [2.45, 2.75) is 18.9 Å². The maximum absolute atomic E-state index is 12.1. The van der Waals surface area contributed by atoms with Gasteiger partial charge in [-0.05, 0) is 36.6 Å². The summed E-state index contributed by atoms with van der Waals surface area (Å²) in [5, 5.41) is 3.05. The molecule has 1 aliphatic heterocycles. The lowest BCUT2D eigenvalue weighted by atomic mass is 9.96. The number of hydrogen-bond donors (Lipinski definition) is 1. The normalized spacial score (nSPS) is 17.2. The van der Waals surface area contributed by atoms with Gasteiger partial charge in [0.25, 0.3) is 5.91 Å². The van der Waals surface area contributed by atoms with Gasteiger partial charge in [0.05, 0.1) is 0 Å². The number of aryl methyl sites for hydroxylation is 1. The van der Waals surface area contributed by atoms with Gasteiger partial charge in [0, 0.05) is 30.9 Å². The van der Waals surface area contributed by atoms with E-state index in [1.807, 2.05) is 30.3 Å². The number of carbonyl (C=O) groups excluding carboxylic acids is 1. The van der Waals surface area contributed by atoms with Crippen molar-refractivity contribution in [3.63, 3.8) is 0 Å². The molecule has 1 heterocycles. The number of hydrogen-bond acceptors (Lipinski definition) is 2. The number of para-hydroxylation sites is 1. The van der Waals surface area contributed by atoms with Crippen LogP contribution in [0.25, 0.3) is 0 Å². The number of anilines is 1. The van der Waals surface area contributed by atoms with Crippen molar-refractivity contribution in [3.8, 4) is 0 Å². The molecule has 108 valence electrons. The van der Waals surface area contributed by atoms with E-state index < -0.39 is 0 Å². The lowest BCUT2D eigenvalue weighted by Crippen LogP contribution is -2.44. The van der Waals surface area contributed by atoms with Crippen LogP contribution in [0.5, 0.6) is 0 Å². The summed E-state index contributed by atoms with van der Waals surface area (Å²) in [6.07, 6.45) is 2.15. The molecule has 0 fully saturated rings. The van der Waals surface area contributed by atoms with Gasteiger partial charge in [-0.2, -0.15) is 0 Å². The Morgan fingerprint density at radius 2 is 1.86 bits per heavy atom. The molecular weight excluding hydrogens is 260 g/mol. The lowest BCUT2D eigenvalue weighted by Gasteiger charge is -2.36. The first-order valence-electron chi connectivity index (χ1n) is 7.39. The second kappa shape index (κ2) is 6.00. The fraction of sp³-hybridized carbons (Fsp3) is 0.278. The number of nitrogens with one attached hydrogen (secondary N) is 1. The fourth-order valence-corrected chi connectivity index (χ4v) is 2.92. The van der Waals surface area contributed by atoms with Gasteiger partial charge in [0.1, 0.15) is 0 Å². The van der Waals surface area contributed by atoms with Crippen LogP contribution in [0.4, 0.5) is 5.69 Å². The van der Waals surface area contributed by atoms with Crippen LogP contribution in [0, 0.1) is 0 Å². The number of benzene rings is 2. The molecular formula is C18H20N2O. The number of likely N-dealkylation sites (N-methyl/N-ethyl adjacent to an activating group) is 1. The van der Waals surface area contributed by atoms with Crippen molar-refractivity contribution in [3.05, 3.63) is 65.7 Å². The Bertz CT molecular complexity index is 624. The van der Waals surface area contributed by atoms with E-state index in [2.05, 4.69) is 41.5 Å². The molecule has 1 aliphatic rings. The zero-order chi connectivity index (χ0) is 14.7. The Labute approximate surface area is 125 Å². The maximum atomic E-state index is 12.1. The van der Waals surface area contributed by atoms with E-state index in [1.165, 1.54) is 11.3 Å². The van der Waals surface area contributed by atoms with Gasteiger partial charge < -0.3 is 10.2 Å². The van der Waals surface area contributed by atoms with Crippen molar-refractivity contribution in [2.75, 3.05) is 18.5 Å². The molecule has 0 aromatic heterocycles. The minimum absolute atomic E-state index is 0.00265. The van der Waals surface area contributed by atoms with Crippen molar-refractivity contribution in [2.24, 2.45) is 0 Å². The molecule has 3 nitrogen and oxygen atoms in total. The van der Waals surface area contributed by atoms with Gasteiger partial charge in [-0.1, -0.05) is 36.4 Å². The van der Waals surface area contributed by atoms with Crippen LogP contribution in [-0.2, 0) is 6.42 Å². The number of carbonyl (C=O) groups is 1. The topological polar surface area (TPSA) is 32.3 Å². The summed E-state index contributed by atoms with van der Waals surface area (Å²) < 4.78 is 0. The number of nitrogens with zero attached hydrogens (tertiary/aromatic N) is 1. The molecule has 1 N–H and O–H groups in total. The van der Waals surface area contributed by atoms with Gasteiger partial charge in [-0.15, -0.1) is 0 Å². The van der Waals surface area contributed by atoms with Crippen LogP contribution in [0.15, 0.2) is 54.6 Å². The number of fused-ring (bicyclic) bond motifs is 1. The molecule has 21 heavy (non-hydrogen) atoms. The van der Waals surface area contributed by atoms with Crippen LogP contribution in [-0.4, -0.2) is 25.5 Å².